The molecule has 14 heavy (non-hydrogen) atoms. The van der Waals surface area contributed by atoms with Gasteiger partial charge in [-0.25, -0.2) is 4.79 Å². The summed E-state index contributed by atoms with van der Waals surface area (Å²) in [6.45, 7) is 0. The van der Waals surface area contributed by atoms with Crippen LogP contribution in [-0.2, 0) is 7.05 Å². The second-order valence-corrected chi connectivity index (χ2v) is 3.83. The highest BCUT2D eigenvalue weighted by molar-refractivity contribution is 9.10. The van der Waals surface area contributed by atoms with E-state index in [2.05, 4.69) is 21.0 Å². The first-order valence-electron chi connectivity index (χ1n) is 4.05. The Morgan fingerprint density at radius 2 is 1.93 bits per heavy atom. The molecule has 0 atom stereocenters. The van der Waals surface area contributed by atoms with Crippen molar-refractivity contribution in [2.75, 3.05) is 0 Å². The van der Waals surface area contributed by atoms with Crippen LogP contribution in [0, 0.1) is 0 Å². The maximum Gasteiger partial charge on any atom is 0.350 e. The number of hydrogen-bond donors (Lipinski definition) is 0. The molecule has 2 aromatic rings. The first-order valence-corrected chi connectivity index (χ1v) is 4.84. The lowest BCUT2D eigenvalue weighted by molar-refractivity contribution is 0.799. The summed E-state index contributed by atoms with van der Waals surface area (Å²) in [7, 11) is 1.67. The van der Waals surface area contributed by atoms with E-state index in [-0.39, 0.29) is 5.69 Å². The molecule has 1 aromatic carbocycles. The molecule has 2 rings (SSSR count). The van der Waals surface area contributed by atoms with Crippen molar-refractivity contribution in [2.24, 2.45) is 7.05 Å². The van der Waals surface area contributed by atoms with Crippen LogP contribution in [0.15, 0.2) is 39.9 Å². The third-order valence-electron chi connectivity index (χ3n) is 1.89. The van der Waals surface area contributed by atoms with Crippen LogP contribution in [0.1, 0.15) is 0 Å². The minimum absolute atomic E-state index is 0.146. The fourth-order valence-electron chi connectivity index (χ4n) is 1.14. The van der Waals surface area contributed by atoms with Crippen molar-refractivity contribution >= 4 is 15.9 Å². The Labute approximate surface area is 88.9 Å². The molecule has 72 valence electrons. The third kappa shape index (κ3) is 1.50. The Bertz CT molecular complexity index is 498. The molecule has 5 heteroatoms. The van der Waals surface area contributed by atoms with Crippen LogP contribution < -0.4 is 5.69 Å². The van der Waals surface area contributed by atoms with Gasteiger partial charge in [-0.15, -0.1) is 0 Å². The topological polar surface area (TPSA) is 39.8 Å². The molecule has 0 saturated heterocycles. The van der Waals surface area contributed by atoms with Gasteiger partial charge in [0.25, 0.3) is 0 Å². The van der Waals surface area contributed by atoms with E-state index in [1.807, 2.05) is 24.3 Å². The fraction of sp³-hybridized carbons (Fsp3) is 0.111. The Hall–Kier alpha value is -1.36. The van der Waals surface area contributed by atoms with Crippen molar-refractivity contribution in [3.05, 3.63) is 45.5 Å². The van der Waals surface area contributed by atoms with E-state index >= 15 is 0 Å². The van der Waals surface area contributed by atoms with Crippen LogP contribution in [0.2, 0.25) is 0 Å². The van der Waals surface area contributed by atoms with Crippen LogP contribution in [0.4, 0.5) is 0 Å². The highest BCUT2D eigenvalue weighted by atomic mass is 79.9. The standard InChI is InChI=1S/C9H8BrN3O/c1-12-6-11-13(9(12)14)8-4-2-7(10)3-5-8/h2-6H,1H3. The summed E-state index contributed by atoms with van der Waals surface area (Å²) in [4.78, 5) is 11.5. The van der Waals surface area contributed by atoms with Gasteiger partial charge in [0.2, 0.25) is 0 Å². The number of halogens is 1. The summed E-state index contributed by atoms with van der Waals surface area (Å²) in [5.41, 5.74) is 0.617. The van der Waals surface area contributed by atoms with Gasteiger partial charge in [-0.1, -0.05) is 15.9 Å². The molecular formula is C9H8BrN3O. The van der Waals surface area contributed by atoms with Crippen molar-refractivity contribution < 1.29 is 0 Å². The predicted molar refractivity (Wildman–Crippen MR) is 56.5 cm³/mol. The molecule has 0 fully saturated rings. The minimum atomic E-state index is -0.146. The average Bonchev–Trinajstić information content (AvgIpc) is 2.50. The normalized spacial score (nSPS) is 10.4. The molecule has 0 saturated carbocycles. The summed E-state index contributed by atoms with van der Waals surface area (Å²) < 4.78 is 3.76. The van der Waals surface area contributed by atoms with Gasteiger partial charge in [-0.05, 0) is 24.3 Å². The average molecular weight is 254 g/mol. The number of hydrogen-bond acceptors (Lipinski definition) is 2. The number of rotatable bonds is 1. The van der Waals surface area contributed by atoms with Crippen LogP contribution in [0.25, 0.3) is 5.69 Å². The largest absolute Gasteiger partial charge is 0.350 e. The van der Waals surface area contributed by atoms with Gasteiger partial charge < -0.3 is 0 Å². The van der Waals surface area contributed by atoms with E-state index in [9.17, 15) is 4.79 Å². The number of nitrogens with zero attached hydrogens (tertiary/aromatic N) is 3. The number of benzene rings is 1. The lowest BCUT2D eigenvalue weighted by atomic mass is 10.3. The highest BCUT2D eigenvalue weighted by Gasteiger charge is 2.02. The van der Waals surface area contributed by atoms with E-state index < -0.39 is 0 Å². The molecule has 0 aliphatic rings. The monoisotopic (exact) mass is 253 g/mol. The SMILES string of the molecule is Cn1cnn(-c2ccc(Br)cc2)c1=O. The first-order chi connectivity index (χ1) is 6.68. The Morgan fingerprint density at radius 1 is 1.29 bits per heavy atom. The Kier molecular flexibility index (Phi) is 2.25. The van der Waals surface area contributed by atoms with Crippen LogP contribution in [-0.4, -0.2) is 14.3 Å². The zero-order valence-corrected chi connectivity index (χ0v) is 9.10. The van der Waals surface area contributed by atoms with E-state index in [1.54, 1.807) is 7.05 Å². The molecule has 0 unspecified atom stereocenters. The summed E-state index contributed by atoms with van der Waals surface area (Å²) in [6, 6.07) is 7.41. The van der Waals surface area contributed by atoms with Gasteiger partial charge in [0.1, 0.15) is 6.33 Å². The zero-order chi connectivity index (χ0) is 10.1. The van der Waals surface area contributed by atoms with Crippen LogP contribution in [0.5, 0.6) is 0 Å². The Balaban J connectivity index is 2.55. The molecule has 0 radical (unpaired) electrons. The molecule has 0 aliphatic carbocycles. The van der Waals surface area contributed by atoms with E-state index in [1.165, 1.54) is 15.6 Å². The van der Waals surface area contributed by atoms with Crippen molar-refractivity contribution in [1.29, 1.82) is 0 Å². The number of aryl methyl sites for hydroxylation is 1. The molecule has 0 aliphatic heterocycles. The molecule has 0 amide bonds. The first kappa shape index (κ1) is 9.21. The maximum absolute atomic E-state index is 11.5. The Morgan fingerprint density at radius 3 is 2.43 bits per heavy atom. The summed E-state index contributed by atoms with van der Waals surface area (Å²) in [5, 5.41) is 3.97. The smallest absolute Gasteiger partial charge is 0.284 e. The van der Waals surface area contributed by atoms with Gasteiger partial charge in [-0.2, -0.15) is 9.78 Å². The summed E-state index contributed by atoms with van der Waals surface area (Å²) >= 11 is 3.33. The van der Waals surface area contributed by atoms with Crippen molar-refractivity contribution in [1.82, 2.24) is 14.3 Å². The van der Waals surface area contributed by atoms with Crippen molar-refractivity contribution in [2.45, 2.75) is 0 Å². The van der Waals surface area contributed by atoms with E-state index in [0.717, 1.165) is 10.2 Å². The van der Waals surface area contributed by atoms with Gasteiger partial charge in [0, 0.05) is 11.5 Å². The molecule has 0 N–H and O–H groups in total. The highest BCUT2D eigenvalue weighted by Crippen LogP contribution is 2.11. The van der Waals surface area contributed by atoms with Crippen molar-refractivity contribution in [3.8, 4) is 5.69 Å². The van der Waals surface area contributed by atoms with E-state index in [4.69, 9.17) is 0 Å². The quantitative estimate of drug-likeness (QED) is 0.770. The maximum atomic E-state index is 11.5. The molecule has 0 bridgehead atoms. The van der Waals surface area contributed by atoms with Gasteiger partial charge in [0.15, 0.2) is 0 Å². The van der Waals surface area contributed by atoms with Gasteiger partial charge >= 0.3 is 5.69 Å². The second kappa shape index (κ2) is 3.42. The lowest BCUT2D eigenvalue weighted by Crippen LogP contribution is -2.21. The minimum Gasteiger partial charge on any atom is -0.284 e. The zero-order valence-electron chi connectivity index (χ0n) is 7.51. The van der Waals surface area contributed by atoms with Gasteiger partial charge in [0.05, 0.1) is 5.69 Å². The summed E-state index contributed by atoms with van der Waals surface area (Å²) in [6.07, 6.45) is 1.49. The number of aromatic nitrogens is 3. The van der Waals surface area contributed by atoms with Gasteiger partial charge in [-0.3, -0.25) is 4.57 Å². The molecule has 1 aromatic heterocycles. The van der Waals surface area contributed by atoms with Crippen LogP contribution >= 0.6 is 15.9 Å². The molecular weight excluding hydrogens is 246 g/mol. The fourth-order valence-corrected chi connectivity index (χ4v) is 1.40. The molecule has 0 spiro atoms. The predicted octanol–water partition coefficient (Wildman–Crippen LogP) is 1.33. The van der Waals surface area contributed by atoms with Crippen molar-refractivity contribution in [3.63, 3.8) is 0 Å². The molecule has 4 nitrogen and oxygen atoms in total. The lowest BCUT2D eigenvalue weighted by Gasteiger charge is -1.98. The third-order valence-corrected chi connectivity index (χ3v) is 2.42. The van der Waals surface area contributed by atoms with E-state index in [0.29, 0.717) is 0 Å². The second-order valence-electron chi connectivity index (χ2n) is 2.91. The molecule has 1 heterocycles. The van der Waals surface area contributed by atoms with Crippen LogP contribution in [0.3, 0.4) is 0 Å². The summed E-state index contributed by atoms with van der Waals surface area (Å²) in [5.74, 6) is 0.